The third-order valence-electron chi connectivity index (χ3n) is 3.18. The molecule has 0 aliphatic rings. The summed E-state index contributed by atoms with van der Waals surface area (Å²) in [4.78, 5) is 11.2. The van der Waals surface area contributed by atoms with E-state index in [1.807, 2.05) is 0 Å². The van der Waals surface area contributed by atoms with Crippen molar-refractivity contribution >= 4 is 15.8 Å². The van der Waals surface area contributed by atoms with Crippen LogP contribution in [0.25, 0.3) is 0 Å². The number of rotatable bonds is 8. The molecule has 0 fully saturated rings. The summed E-state index contributed by atoms with van der Waals surface area (Å²) in [5.41, 5.74) is -1.01. The third kappa shape index (κ3) is 4.27. The zero-order valence-corrected chi connectivity index (χ0v) is 11.8. The second-order valence-corrected chi connectivity index (χ2v) is 7.11. The first-order chi connectivity index (χ1) is 7.72. The molecule has 0 heterocycles. The summed E-state index contributed by atoms with van der Waals surface area (Å²) in [7, 11) is -3.12. The van der Waals surface area contributed by atoms with Crippen LogP contribution in [0.1, 0.15) is 40.5 Å². The molecular weight excluding hydrogens is 242 g/mol. The molecule has 0 aromatic carbocycles. The maximum Gasteiger partial charge on any atom is 0.323 e. The molecule has 0 aliphatic carbocycles. The molecule has 0 rings (SSSR count). The van der Waals surface area contributed by atoms with E-state index >= 15 is 0 Å². The maximum absolute atomic E-state index is 11.6. The Hall–Kier alpha value is -0.620. The Morgan fingerprint density at radius 1 is 1.29 bits per heavy atom. The SMILES string of the molecule is CCC(CC)(NCCS(=O)(=O)C(C)C)C(=O)O. The van der Waals surface area contributed by atoms with Gasteiger partial charge in [0.25, 0.3) is 0 Å². The molecular formula is C11H23NO4S. The molecule has 0 saturated heterocycles. The highest BCUT2D eigenvalue weighted by Crippen LogP contribution is 2.15. The fourth-order valence-corrected chi connectivity index (χ4v) is 2.40. The van der Waals surface area contributed by atoms with Crippen molar-refractivity contribution in [2.75, 3.05) is 12.3 Å². The highest BCUT2D eigenvalue weighted by Gasteiger charge is 2.34. The van der Waals surface area contributed by atoms with E-state index < -0.39 is 26.6 Å². The molecule has 0 aliphatic heterocycles. The molecule has 0 aromatic rings. The van der Waals surface area contributed by atoms with Gasteiger partial charge in [-0.2, -0.15) is 0 Å². The summed E-state index contributed by atoms with van der Waals surface area (Å²) in [6.07, 6.45) is 0.862. The number of nitrogens with one attached hydrogen (secondary N) is 1. The Kier molecular flexibility index (Phi) is 6.12. The average molecular weight is 265 g/mol. The van der Waals surface area contributed by atoms with Gasteiger partial charge in [0.15, 0.2) is 9.84 Å². The molecule has 0 unspecified atom stereocenters. The van der Waals surface area contributed by atoms with Crippen LogP contribution in [0.2, 0.25) is 0 Å². The average Bonchev–Trinajstić information content (AvgIpc) is 2.24. The minimum absolute atomic E-state index is 0.0281. The molecule has 102 valence electrons. The predicted octanol–water partition coefficient (Wildman–Crippen LogP) is 1.04. The van der Waals surface area contributed by atoms with Crippen molar-refractivity contribution in [3.8, 4) is 0 Å². The molecule has 0 aromatic heterocycles. The van der Waals surface area contributed by atoms with Crippen molar-refractivity contribution in [2.24, 2.45) is 0 Å². The van der Waals surface area contributed by atoms with Crippen LogP contribution in [-0.4, -0.2) is 42.6 Å². The quantitative estimate of drug-likeness (QED) is 0.685. The monoisotopic (exact) mass is 265 g/mol. The van der Waals surface area contributed by atoms with Crippen LogP contribution in [0.3, 0.4) is 0 Å². The van der Waals surface area contributed by atoms with Gasteiger partial charge >= 0.3 is 5.97 Å². The Labute approximate surface area is 104 Å². The van der Waals surface area contributed by atoms with Crippen molar-refractivity contribution in [2.45, 2.75) is 51.3 Å². The second kappa shape index (κ2) is 6.35. The van der Waals surface area contributed by atoms with Gasteiger partial charge < -0.3 is 10.4 Å². The lowest BCUT2D eigenvalue weighted by atomic mass is 9.93. The van der Waals surface area contributed by atoms with Gasteiger partial charge in [-0.3, -0.25) is 4.79 Å². The lowest BCUT2D eigenvalue weighted by Gasteiger charge is -2.28. The van der Waals surface area contributed by atoms with Crippen LogP contribution >= 0.6 is 0 Å². The van der Waals surface area contributed by atoms with E-state index in [2.05, 4.69) is 5.32 Å². The zero-order chi connectivity index (χ0) is 13.7. The van der Waals surface area contributed by atoms with E-state index in [-0.39, 0.29) is 12.3 Å². The minimum Gasteiger partial charge on any atom is -0.480 e. The van der Waals surface area contributed by atoms with Gasteiger partial charge in [0.05, 0.1) is 11.0 Å². The van der Waals surface area contributed by atoms with Gasteiger partial charge in [0, 0.05) is 6.54 Å². The van der Waals surface area contributed by atoms with Gasteiger partial charge in [-0.25, -0.2) is 8.42 Å². The Morgan fingerprint density at radius 3 is 2.06 bits per heavy atom. The fraction of sp³-hybridized carbons (Fsp3) is 0.909. The van der Waals surface area contributed by atoms with Gasteiger partial charge in [0.1, 0.15) is 5.54 Å². The summed E-state index contributed by atoms with van der Waals surface area (Å²) in [5.74, 6) is -0.955. The third-order valence-corrected chi connectivity index (χ3v) is 5.39. The van der Waals surface area contributed by atoms with Gasteiger partial charge in [0.2, 0.25) is 0 Å². The first kappa shape index (κ1) is 16.4. The van der Waals surface area contributed by atoms with Crippen molar-refractivity contribution in [1.82, 2.24) is 5.32 Å². The summed E-state index contributed by atoms with van der Waals surface area (Å²) >= 11 is 0. The summed E-state index contributed by atoms with van der Waals surface area (Å²) in [6, 6.07) is 0. The molecule has 0 bridgehead atoms. The van der Waals surface area contributed by atoms with Crippen LogP contribution in [-0.2, 0) is 14.6 Å². The van der Waals surface area contributed by atoms with E-state index in [0.29, 0.717) is 12.8 Å². The highest BCUT2D eigenvalue weighted by atomic mass is 32.2. The molecule has 0 spiro atoms. The maximum atomic E-state index is 11.6. The largest absolute Gasteiger partial charge is 0.480 e. The number of sulfone groups is 1. The Morgan fingerprint density at radius 2 is 1.76 bits per heavy atom. The van der Waals surface area contributed by atoms with Crippen molar-refractivity contribution in [3.05, 3.63) is 0 Å². The van der Waals surface area contributed by atoms with Crippen LogP contribution in [0.5, 0.6) is 0 Å². The number of carboxylic acids is 1. The smallest absolute Gasteiger partial charge is 0.323 e. The topological polar surface area (TPSA) is 83.5 Å². The molecule has 0 saturated carbocycles. The predicted molar refractivity (Wildman–Crippen MR) is 67.9 cm³/mol. The standard InChI is InChI=1S/C11H23NO4S/c1-5-11(6-2,10(13)14)12-7-8-17(15,16)9(3)4/h9,12H,5-8H2,1-4H3,(H,13,14). The van der Waals surface area contributed by atoms with E-state index in [4.69, 9.17) is 5.11 Å². The van der Waals surface area contributed by atoms with Gasteiger partial charge in [-0.05, 0) is 26.7 Å². The number of carbonyl (C=O) groups is 1. The van der Waals surface area contributed by atoms with Gasteiger partial charge in [-0.15, -0.1) is 0 Å². The molecule has 6 heteroatoms. The highest BCUT2D eigenvalue weighted by molar-refractivity contribution is 7.92. The van der Waals surface area contributed by atoms with Crippen LogP contribution < -0.4 is 5.32 Å². The number of aliphatic carboxylic acids is 1. The van der Waals surface area contributed by atoms with Crippen LogP contribution in [0, 0.1) is 0 Å². The number of hydrogen-bond acceptors (Lipinski definition) is 4. The first-order valence-corrected chi connectivity index (χ1v) is 7.63. The first-order valence-electron chi connectivity index (χ1n) is 5.92. The van der Waals surface area contributed by atoms with E-state index in [1.54, 1.807) is 27.7 Å². The van der Waals surface area contributed by atoms with Crippen molar-refractivity contribution in [1.29, 1.82) is 0 Å². The Balaban J connectivity index is 4.50. The summed E-state index contributed by atoms with van der Waals surface area (Å²) < 4.78 is 23.2. The zero-order valence-electron chi connectivity index (χ0n) is 11.0. The lowest BCUT2D eigenvalue weighted by Crippen LogP contribution is -2.52. The van der Waals surface area contributed by atoms with E-state index in [9.17, 15) is 13.2 Å². The van der Waals surface area contributed by atoms with Gasteiger partial charge in [-0.1, -0.05) is 13.8 Å². The summed E-state index contributed by atoms with van der Waals surface area (Å²) in [5, 5.41) is 11.6. The van der Waals surface area contributed by atoms with E-state index in [1.165, 1.54) is 0 Å². The minimum atomic E-state index is -3.12. The molecule has 0 atom stereocenters. The lowest BCUT2D eigenvalue weighted by molar-refractivity contribution is -0.145. The van der Waals surface area contributed by atoms with Crippen molar-refractivity contribution < 1.29 is 18.3 Å². The Bertz CT molecular complexity index is 344. The molecule has 2 N–H and O–H groups in total. The van der Waals surface area contributed by atoms with E-state index in [0.717, 1.165) is 0 Å². The van der Waals surface area contributed by atoms with Crippen LogP contribution in [0.4, 0.5) is 0 Å². The van der Waals surface area contributed by atoms with Crippen LogP contribution in [0.15, 0.2) is 0 Å². The molecule has 17 heavy (non-hydrogen) atoms. The summed E-state index contributed by atoms with van der Waals surface area (Å²) in [6.45, 7) is 6.98. The number of carboxylic acid groups (broad SMARTS) is 1. The second-order valence-electron chi connectivity index (χ2n) is 4.44. The fourth-order valence-electron chi connectivity index (χ4n) is 1.55. The molecule has 0 radical (unpaired) electrons. The molecule has 0 amide bonds. The molecule has 5 nitrogen and oxygen atoms in total. The normalized spacial score (nSPS) is 13.0. The number of hydrogen-bond donors (Lipinski definition) is 2. The van der Waals surface area contributed by atoms with Crippen molar-refractivity contribution in [3.63, 3.8) is 0 Å².